The van der Waals surface area contributed by atoms with Gasteiger partial charge in [0.15, 0.2) is 0 Å². The van der Waals surface area contributed by atoms with Crippen molar-refractivity contribution >= 4 is 32.7 Å². The Hall–Kier alpha value is -3.68. The molecule has 0 N–H and O–H groups in total. The third-order valence-corrected chi connectivity index (χ3v) is 5.00. The Morgan fingerprint density at radius 2 is 1.81 bits per heavy atom. The number of benzene rings is 2. The summed E-state index contributed by atoms with van der Waals surface area (Å²) in [7, 11) is -6.26. The van der Waals surface area contributed by atoms with Crippen LogP contribution in [-0.4, -0.2) is 31.4 Å². The van der Waals surface area contributed by atoms with Gasteiger partial charge in [0.25, 0.3) is 0 Å². The molecule has 0 aliphatic carbocycles. The number of nitro groups is 1. The lowest BCUT2D eigenvalue weighted by Gasteiger charge is -2.09. The fraction of sp³-hybridized carbons (Fsp3) is 0.167. The molecular formula is C18H11F4NO8S. The smallest absolute Gasteiger partial charge is 0.462 e. The summed E-state index contributed by atoms with van der Waals surface area (Å²) in [6.07, 6.45) is 0. The molecule has 1 aromatic heterocycles. The molecule has 1 heterocycles. The molecule has 0 radical (unpaired) electrons. The van der Waals surface area contributed by atoms with Gasteiger partial charge in [0, 0.05) is 17.0 Å². The Labute approximate surface area is 176 Å². The zero-order chi connectivity index (χ0) is 23.8. The van der Waals surface area contributed by atoms with Crippen LogP contribution in [0, 0.1) is 15.9 Å². The zero-order valence-electron chi connectivity index (χ0n) is 15.8. The van der Waals surface area contributed by atoms with Gasteiger partial charge in [-0.1, -0.05) is 0 Å². The molecule has 0 aliphatic rings. The molecule has 3 aromatic rings. The van der Waals surface area contributed by atoms with Crippen LogP contribution in [0.2, 0.25) is 0 Å². The summed E-state index contributed by atoms with van der Waals surface area (Å²) in [4.78, 5) is 22.6. The number of fused-ring (bicyclic) bond motifs is 1. The van der Waals surface area contributed by atoms with E-state index in [1.165, 1.54) is 19.1 Å². The number of hydrogen-bond donors (Lipinski definition) is 0. The van der Waals surface area contributed by atoms with E-state index in [4.69, 9.17) is 9.15 Å². The minimum atomic E-state index is -6.26. The van der Waals surface area contributed by atoms with Gasteiger partial charge in [-0.2, -0.15) is 21.6 Å². The number of hydrogen-bond acceptors (Lipinski definition) is 8. The van der Waals surface area contributed by atoms with Crippen LogP contribution in [0.4, 0.5) is 23.2 Å². The number of ether oxygens (including phenoxy) is 1. The Kier molecular flexibility index (Phi) is 5.82. The largest absolute Gasteiger partial charge is 0.534 e. The van der Waals surface area contributed by atoms with Gasteiger partial charge in [0.05, 0.1) is 17.6 Å². The van der Waals surface area contributed by atoms with E-state index in [1.807, 2.05) is 0 Å². The van der Waals surface area contributed by atoms with Crippen molar-refractivity contribution in [1.29, 1.82) is 0 Å². The summed E-state index contributed by atoms with van der Waals surface area (Å²) >= 11 is 0. The van der Waals surface area contributed by atoms with E-state index in [9.17, 15) is 40.9 Å². The molecule has 9 nitrogen and oxygen atoms in total. The van der Waals surface area contributed by atoms with Crippen molar-refractivity contribution in [2.45, 2.75) is 12.4 Å². The highest BCUT2D eigenvalue weighted by Gasteiger charge is 2.49. The molecule has 0 fully saturated rings. The predicted molar refractivity (Wildman–Crippen MR) is 99.8 cm³/mol. The van der Waals surface area contributed by atoms with Crippen LogP contribution < -0.4 is 4.18 Å². The molecule has 0 unspecified atom stereocenters. The summed E-state index contributed by atoms with van der Waals surface area (Å²) in [5.41, 5.74) is -7.62. The number of nitrogens with zero attached hydrogens (tertiary/aromatic N) is 1. The van der Waals surface area contributed by atoms with Crippen molar-refractivity contribution in [3.63, 3.8) is 0 Å². The summed E-state index contributed by atoms with van der Waals surface area (Å²) in [5.74, 6) is -3.17. The number of carbonyl (C=O) groups is 1. The first-order valence-corrected chi connectivity index (χ1v) is 9.95. The van der Waals surface area contributed by atoms with E-state index in [-0.39, 0.29) is 34.5 Å². The van der Waals surface area contributed by atoms with Gasteiger partial charge in [-0.3, -0.25) is 10.1 Å². The quantitative estimate of drug-likeness (QED) is 0.126. The van der Waals surface area contributed by atoms with Crippen LogP contribution in [-0.2, 0) is 14.9 Å². The highest BCUT2D eigenvalue weighted by atomic mass is 32.2. The average molecular weight is 477 g/mol. The van der Waals surface area contributed by atoms with E-state index in [0.717, 1.165) is 12.1 Å². The van der Waals surface area contributed by atoms with Crippen molar-refractivity contribution < 1.29 is 49.0 Å². The Bertz CT molecular complexity index is 1310. The molecule has 0 amide bonds. The Balaban J connectivity index is 2.32. The molecule has 0 aliphatic heterocycles. The number of rotatable bonds is 6. The number of carbonyl (C=O) groups excluding carboxylic acids is 1. The summed E-state index contributed by atoms with van der Waals surface area (Å²) in [5, 5.41) is 11.0. The van der Waals surface area contributed by atoms with E-state index in [2.05, 4.69) is 4.18 Å². The first kappa shape index (κ1) is 23.0. The summed E-state index contributed by atoms with van der Waals surface area (Å²) in [6.45, 7) is 1.35. The third-order valence-electron chi connectivity index (χ3n) is 4.04. The van der Waals surface area contributed by atoms with Gasteiger partial charge in [-0.05, 0) is 31.2 Å². The van der Waals surface area contributed by atoms with Crippen LogP contribution in [0.3, 0.4) is 0 Å². The second-order valence-electron chi connectivity index (χ2n) is 6.09. The Morgan fingerprint density at radius 3 is 2.34 bits per heavy atom. The van der Waals surface area contributed by atoms with Crippen LogP contribution in [0.5, 0.6) is 5.75 Å². The molecule has 0 atom stereocenters. The fourth-order valence-corrected chi connectivity index (χ4v) is 3.16. The van der Waals surface area contributed by atoms with Crippen LogP contribution in [0.25, 0.3) is 22.3 Å². The number of nitro benzene ring substituents is 1. The molecule has 0 saturated carbocycles. The van der Waals surface area contributed by atoms with Crippen molar-refractivity contribution in [3.05, 3.63) is 57.9 Å². The molecule has 32 heavy (non-hydrogen) atoms. The zero-order valence-corrected chi connectivity index (χ0v) is 16.6. The normalized spacial score (nSPS) is 12.0. The van der Waals surface area contributed by atoms with Gasteiger partial charge in [0.1, 0.15) is 22.7 Å². The van der Waals surface area contributed by atoms with Crippen molar-refractivity contribution in [2.75, 3.05) is 6.61 Å². The molecular weight excluding hydrogens is 466 g/mol. The minimum Gasteiger partial charge on any atom is -0.462 e. The number of halogens is 4. The molecule has 170 valence electrons. The predicted octanol–water partition coefficient (Wildman–Crippen LogP) is 4.55. The van der Waals surface area contributed by atoms with E-state index >= 15 is 0 Å². The molecule has 2 aromatic carbocycles. The van der Waals surface area contributed by atoms with E-state index in [0.29, 0.717) is 12.1 Å². The van der Waals surface area contributed by atoms with Crippen LogP contribution in [0.15, 0.2) is 40.8 Å². The van der Waals surface area contributed by atoms with Gasteiger partial charge >= 0.3 is 27.3 Å². The van der Waals surface area contributed by atoms with Crippen LogP contribution >= 0.6 is 0 Å². The maximum Gasteiger partial charge on any atom is 0.534 e. The maximum absolute atomic E-state index is 13.3. The van der Waals surface area contributed by atoms with Gasteiger partial charge in [0.2, 0.25) is 5.75 Å². The second kappa shape index (κ2) is 8.11. The van der Waals surface area contributed by atoms with Crippen molar-refractivity contribution in [3.8, 4) is 17.1 Å². The van der Waals surface area contributed by atoms with Crippen molar-refractivity contribution in [1.82, 2.24) is 0 Å². The highest BCUT2D eigenvalue weighted by Crippen LogP contribution is 2.41. The topological polar surface area (TPSA) is 126 Å². The third kappa shape index (κ3) is 4.21. The van der Waals surface area contributed by atoms with Gasteiger partial charge in [-0.15, -0.1) is 0 Å². The van der Waals surface area contributed by atoms with Crippen LogP contribution in [0.1, 0.15) is 17.3 Å². The van der Waals surface area contributed by atoms with Crippen molar-refractivity contribution in [2.24, 2.45) is 0 Å². The summed E-state index contributed by atoms with van der Waals surface area (Å²) < 4.78 is 88.6. The SMILES string of the molecule is CCOC(=O)c1c(-c2ccc(F)cc2)oc2cc([N+](=O)[O-])c(OS(=O)(=O)C(F)(F)F)cc12. The second-order valence-corrected chi connectivity index (χ2v) is 7.63. The lowest BCUT2D eigenvalue weighted by molar-refractivity contribution is -0.385. The number of alkyl halides is 3. The maximum atomic E-state index is 13.3. The molecule has 3 rings (SSSR count). The van der Waals surface area contributed by atoms with E-state index < -0.39 is 43.8 Å². The standard InChI is InChI=1S/C18H11F4NO8S/c1-2-29-17(24)15-11-7-14(31-32(27,28)18(20,21)22)12(23(25)26)8-13(11)30-16(15)9-3-5-10(19)6-4-9/h3-8H,2H2,1H3. The fourth-order valence-electron chi connectivity index (χ4n) is 2.70. The van der Waals surface area contributed by atoms with Gasteiger partial charge < -0.3 is 13.3 Å². The monoisotopic (exact) mass is 477 g/mol. The Morgan fingerprint density at radius 1 is 1.19 bits per heavy atom. The van der Waals surface area contributed by atoms with E-state index in [1.54, 1.807) is 0 Å². The lowest BCUT2D eigenvalue weighted by Crippen LogP contribution is -2.28. The average Bonchev–Trinajstić information content (AvgIpc) is 3.05. The number of furan rings is 1. The lowest BCUT2D eigenvalue weighted by atomic mass is 10.0. The summed E-state index contributed by atoms with van der Waals surface area (Å²) in [6, 6.07) is 5.66. The molecule has 0 spiro atoms. The highest BCUT2D eigenvalue weighted by molar-refractivity contribution is 7.88. The molecule has 14 heteroatoms. The first-order chi connectivity index (χ1) is 14.9. The molecule has 0 saturated heterocycles. The molecule has 0 bridgehead atoms. The van der Waals surface area contributed by atoms with Gasteiger partial charge in [-0.25, -0.2) is 9.18 Å². The number of esters is 1. The first-order valence-electron chi connectivity index (χ1n) is 8.54. The minimum absolute atomic E-state index is 0.118.